The van der Waals surface area contributed by atoms with Crippen molar-refractivity contribution in [3.05, 3.63) is 24.3 Å². The second kappa shape index (κ2) is 6.67. The molecule has 0 saturated carbocycles. The predicted octanol–water partition coefficient (Wildman–Crippen LogP) is 2.62. The summed E-state index contributed by atoms with van der Waals surface area (Å²) in [6.07, 6.45) is 4.96. The van der Waals surface area contributed by atoms with Crippen molar-refractivity contribution in [2.24, 2.45) is 0 Å². The number of thioether (sulfide) groups is 1. The van der Waals surface area contributed by atoms with Gasteiger partial charge in [0.05, 0.1) is 6.20 Å². The zero-order valence-electron chi connectivity index (χ0n) is 10.7. The van der Waals surface area contributed by atoms with Crippen molar-refractivity contribution in [2.45, 2.75) is 6.42 Å². The van der Waals surface area contributed by atoms with Crippen molar-refractivity contribution >= 4 is 39.8 Å². The van der Waals surface area contributed by atoms with Crippen LogP contribution in [0.2, 0.25) is 0 Å². The fraction of sp³-hybridized carbons (Fsp3) is 0.250. The second-order valence-electron chi connectivity index (χ2n) is 3.92. The molecular weight excluding hydrogens is 299 g/mol. The Hall–Kier alpha value is -1.67. The number of hydrogen-bond acceptors (Lipinski definition) is 6. The van der Waals surface area contributed by atoms with Gasteiger partial charge in [-0.15, -0.1) is 0 Å². The Morgan fingerprint density at radius 2 is 2.35 bits per heavy atom. The number of carbonyl (C=O) groups excluding carboxylic acids is 1. The van der Waals surface area contributed by atoms with Gasteiger partial charge in [0.2, 0.25) is 5.91 Å². The largest absolute Gasteiger partial charge is 0.381 e. The average molecular weight is 312 g/mol. The Balaban J connectivity index is 2.15. The minimum Gasteiger partial charge on any atom is -0.381 e. The number of nitrogens with zero attached hydrogens (tertiary/aromatic N) is 2. The van der Waals surface area contributed by atoms with Crippen molar-refractivity contribution in [1.82, 2.24) is 9.97 Å². The van der Waals surface area contributed by atoms with Gasteiger partial charge in [-0.25, -0.2) is 9.37 Å². The van der Waals surface area contributed by atoms with Gasteiger partial charge < -0.3 is 11.1 Å². The molecule has 0 aromatic carbocycles. The number of nitrogens with two attached hydrogens (primary N) is 1. The SMILES string of the molecule is CSCCC(=O)Nc1sc(-c2cncc(F)c2)nc1N. The summed E-state index contributed by atoms with van der Waals surface area (Å²) in [6, 6.07) is 1.32. The first-order valence-electron chi connectivity index (χ1n) is 5.76. The van der Waals surface area contributed by atoms with Crippen LogP contribution in [0.3, 0.4) is 0 Å². The van der Waals surface area contributed by atoms with Gasteiger partial charge in [0.15, 0.2) is 5.82 Å². The van der Waals surface area contributed by atoms with Crippen LogP contribution in [-0.2, 0) is 4.79 Å². The number of anilines is 2. The van der Waals surface area contributed by atoms with E-state index in [2.05, 4.69) is 15.3 Å². The summed E-state index contributed by atoms with van der Waals surface area (Å²) in [5.41, 5.74) is 6.29. The zero-order chi connectivity index (χ0) is 14.5. The van der Waals surface area contributed by atoms with E-state index in [4.69, 9.17) is 5.73 Å². The minimum absolute atomic E-state index is 0.112. The lowest BCUT2D eigenvalue weighted by Gasteiger charge is -2.01. The summed E-state index contributed by atoms with van der Waals surface area (Å²) < 4.78 is 13.1. The van der Waals surface area contributed by atoms with Crippen LogP contribution in [0, 0.1) is 5.82 Å². The molecule has 8 heteroatoms. The van der Waals surface area contributed by atoms with Crippen molar-refractivity contribution in [1.29, 1.82) is 0 Å². The summed E-state index contributed by atoms with van der Waals surface area (Å²) in [5.74, 6) is 0.415. The number of pyridine rings is 1. The molecule has 0 spiro atoms. The molecule has 3 N–H and O–H groups in total. The molecule has 0 bridgehead atoms. The molecule has 0 radical (unpaired) electrons. The van der Waals surface area contributed by atoms with E-state index in [0.717, 1.165) is 11.9 Å². The van der Waals surface area contributed by atoms with E-state index in [1.807, 2.05) is 6.26 Å². The highest BCUT2D eigenvalue weighted by molar-refractivity contribution is 7.98. The average Bonchev–Trinajstić information content (AvgIpc) is 2.78. The molecule has 20 heavy (non-hydrogen) atoms. The monoisotopic (exact) mass is 312 g/mol. The van der Waals surface area contributed by atoms with Gasteiger partial charge in [0, 0.05) is 23.9 Å². The number of thiazole rings is 1. The van der Waals surface area contributed by atoms with Gasteiger partial charge in [0.25, 0.3) is 0 Å². The summed E-state index contributed by atoms with van der Waals surface area (Å²) >= 11 is 2.80. The normalized spacial score (nSPS) is 10.5. The quantitative estimate of drug-likeness (QED) is 0.887. The lowest BCUT2D eigenvalue weighted by atomic mass is 10.3. The van der Waals surface area contributed by atoms with E-state index in [0.29, 0.717) is 22.0 Å². The first kappa shape index (κ1) is 14.7. The standard InChI is InChI=1S/C12H13FN4OS2/c1-19-3-2-9(18)16-12-10(14)17-11(20-12)7-4-8(13)6-15-5-7/h4-6H,2-3,14H2,1H3,(H,16,18). The van der Waals surface area contributed by atoms with Crippen molar-refractivity contribution in [3.8, 4) is 10.6 Å². The third-order valence-corrected chi connectivity index (χ3v) is 4.04. The van der Waals surface area contributed by atoms with Crippen LogP contribution in [0.4, 0.5) is 15.2 Å². The lowest BCUT2D eigenvalue weighted by Crippen LogP contribution is -2.12. The molecule has 0 atom stereocenters. The third-order valence-electron chi connectivity index (χ3n) is 2.39. The van der Waals surface area contributed by atoms with E-state index in [1.54, 1.807) is 11.8 Å². The topological polar surface area (TPSA) is 80.9 Å². The van der Waals surface area contributed by atoms with E-state index < -0.39 is 5.82 Å². The van der Waals surface area contributed by atoms with E-state index in [-0.39, 0.29) is 11.7 Å². The summed E-state index contributed by atoms with van der Waals surface area (Å²) in [5, 5.41) is 3.72. The maximum absolute atomic E-state index is 13.1. The highest BCUT2D eigenvalue weighted by atomic mass is 32.2. The first-order chi connectivity index (χ1) is 9.60. The van der Waals surface area contributed by atoms with Gasteiger partial charge in [-0.2, -0.15) is 11.8 Å². The number of aromatic nitrogens is 2. The number of carbonyl (C=O) groups is 1. The number of halogens is 1. The molecule has 2 aromatic rings. The Bertz CT molecular complexity index is 617. The fourth-order valence-electron chi connectivity index (χ4n) is 1.46. The zero-order valence-corrected chi connectivity index (χ0v) is 12.4. The molecule has 0 fully saturated rings. The molecule has 2 heterocycles. The van der Waals surface area contributed by atoms with Gasteiger partial charge in [0.1, 0.15) is 15.8 Å². The first-order valence-corrected chi connectivity index (χ1v) is 7.97. The van der Waals surface area contributed by atoms with Gasteiger partial charge in [-0.3, -0.25) is 9.78 Å². The van der Waals surface area contributed by atoms with Crippen LogP contribution in [0.15, 0.2) is 18.5 Å². The molecule has 0 unspecified atom stereocenters. The molecule has 2 rings (SSSR count). The highest BCUT2D eigenvalue weighted by Gasteiger charge is 2.13. The van der Waals surface area contributed by atoms with Crippen molar-refractivity contribution in [3.63, 3.8) is 0 Å². The van der Waals surface area contributed by atoms with E-state index in [1.165, 1.54) is 23.6 Å². The Morgan fingerprint density at radius 1 is 1.55 bits per heavy atom. The van der Waals surface area contributed by atoms with Crippen LogP contribution in [-0.4, -0.2) is 27.9 Å². The molecule has 0 saturated heterocycles. The summed E-state index contributed by atoms with van der Waals surface area (Å²) in [4.78, 5) is 19.5. The second-order valence-corrected chi connectivity index (χ2v) is 5.90. The highest BCUT2D eigenvalue weighted by Crippen LogP contribution is 2.33. The smallest absolute Gasteiger partial charge is 0.225 e. The molecular formula is C12H13FN4OS2. The molecule has 0 aliphatic heterocycles. The predicted molar refractivity (Wildman–Crippen MR) is 81.3 cm³/mol. The maximum Gasteiger partial charge on any atom is 0.225 e. The number of nitrogen functional groups attached to an aromatic ring is 1. The van der Waals surface area contributed by atoms with Crippen LogP contribution in [0.25, 0.3) is 10.6 Å². The van der Waals surface area contributed by atoms with Crippen LogP contribution < -0.4 is 11.1 Å². The number of hydrogen-bond donors (Lipinski definition) is 2. The van der Waals surface area contributed by atoms with Gasteiger partial charge >= 0.3 is 0 Å². The van der Waals surface area contributed by atoms with Crippen LogP contribution >= 0.6 is 23.1 Å². The Labute approximate surface area is 123 Å². The number of amides is 1. The van der Waals surface area contributed by atoms with E-state index >= 15 is 0 Å². The molecule has 2 aromatic heterocycles. The number of nitrogens with one attached hydrogen (secondary N) is 1. The Morgan fingerprint density at radius 3 is 3.05 bits per heavy atom. The maximum atomic E-state index is 13.1. The molecule has 0 aliphatic rings. The minimum atomic E-state index is -0.443. The molecule has 106 valence electrons. The van der Waals surface area contributed by atoms with Crippen LogP contribution in [0.1, 0.15) is 6.42 Å². The van der Waals surface area contributed by atoms with Crippen molar-refractivity contribution in [2.75, 3.05) is 23.1 Å². The summed E-state index contributed by atoms with van der Waals surface area (Å²) in [6.45, 7) is 0. The fourth-order valence-corrected chi connectivity index (χ4v) is 2.73. The number of rotatable bonds is 5. The van der Waals surface area contributed by atoms with Crippen LogP contribution in [0.5, 0.6) is 0 Å². The van der Waals surface area contributed by atoms with Gasteiger partial charge in [-0.05, 0) is 12.3 Å². The molecule has 0 aliphatic carbocycles. The summed E-state index contributed by atoms with van der Waals surface area (Å²) in [7, 11) is 0. The molecule has 5 nitrogen and oxygen atoms in total. The van der Waals surface area contributed by atoms with E-state index in [9.17, 15) is 9.18 Å². The third kappa shape index (κ3) is 3.67. The van der Waals surface area contributed by atoms with Gasteiger partial charge in [-0.1, -0.05) is 11.3 Å². The lowest BCUT2D eigenvalue weighted by molar-refractivity contribution is -0.115. The molecule has 1 amide bonds. The van der Waals surface area contributed by atoms with Crippen molar-refractivity contribution < 1.29 is 9.18 Å². The Kier molecular flexibility index (Phi) is 4.91.